The Hall–Kier alpha value is -1.25. The minimum Gasteiger partial charge on any atom is -0.464 e. The van der Waals surface area contributed by atoms with E-state index in [1.165, 1.54) is 0 Å². The molecule has 0 aliphatic heterocycles. The van der Waals surface area contributed by atoms with Crippen molar-refractivity contribution in [3.05, 3.63) is 58.5 Å². The highest BCUT2D eigenvalue weighted by Crippen LogP contribution is 2.29. The summed E-state index contributed by atoms with van der Waals surface area (Å²) < 4.78 is 5.77. The van der Waals surface area contributed by atoms with Crippen molar-refractivity contribution in [3.63, 3.8) is 0 Å². The van der Waals surface area contributed by atoms with Gasteiger partial charge in [0.1, 0.15) is 11.5 Å². The lowest BCUT2D eigenvalue weighted by atomic mass is 10.0. The molecule has 0 amide bonds. The van der Waals surface area contributed by atoms with Crippen molar-refractivity contribution in [2.24, 2.45) is 0 Å². The zero-order chi connectivity index (χ0) is 12.3. The van der Waals surface area contributed by atoms with Crippen molar-refractivity contribution < 1.29 is 4.42 Å². The fourth-order valence-electron chi connectivity index (χ4n) is 1.90. The molecule has 0 radical (unpaired) electrons. The third kappa shape index (κ3) is 2.54. The van der Waals surface area contributed by atoms with Crippen molar-refractivity contribution in [3.8, 4) is 0 Å². The van der Waals surface area contributed by atoms with Crippen LogP contribution in [0.25, 0.3) is 0 Å². The average Bonchev–Trinajstić information content (AvgIpc) is 2.81. The van der Waals surface area contributed by atoms with Gasteiger partial charge >= 0.3 is 0 Å². The van der Waals surface area contributed by atoms with Crippen LogP contribution in [0.1, 0.15) is 30.0 Å². The average molecular weight is 250 g/mol. The van der Waals surface area contributed by atoms with Crippen molar-refractivity contribution in [1.82, 2.24) is 5.32 Å². The van der Waals surface area contributed by atoms with Gasteiger partial charge in [-0.1, -0.05) is 36.7 Å². The van der Waals surface area contributed by atoms with Gasteiger partial charge in [0.05, 0.1) is 6.04 Å². The van der Waals surface area contributed by atoms with Crippen LogP contribution in [0.3, 0.4) is 0 Å². The van der Waals surface area contributed by atoms with Crippen LogP contribution >= 0.6 is 11.6 Å². The van der Waals surface area contributed by atoms with Crippen LogP contribution in [0.4, 0.5) is 0 Å². The summed E-state index contributed by atoms with van der Waals surface area (Å²) in [7, 11) is 1.90. The van der Waals surface area contributed by atoms with Gasteiger partial charge in [-0.3, -0.25) is 0 Å². The third-order valence-corrected chi connectivity index (χ3v) is 3.16. The lowest BCUT2D eigenvalue weighted by molar-refractivity contribution is 0.434. The quantitative estimate of drug-likeness (QED) is 0.892. The first-order valence-electron chi connectivity index (χ1n) is 5.76. The van der Waals surface area contributed by atoms with Crippen molar-refractivity contribution in [2.45, 2.75) is 19.4 Å². The highest BCUT2D eigenvalue weighted by molar-refractivity contribution is 6.31. The van der Waals surface area contributed by atoms with E-state index in [1.54, 1.807) is 0 Å². The fraction of sp³-hybridized carbons (Fsp3) is 0.286. The van der Waals surface area contributed by atoms with Crippen LogP contribution in [-0.4, -0.2) is 7.05 Å². The van der Waals surface area contributed by atoms with E-state index in [-0.39, 0.29) is 6.04 Å². The molecule has 17 heavy (non-hydrogen) atoms. The maximum Gasteiger partial charge on any atom is 0.125 e. The summed E-state index contributed by atoms with van der Waals surface area (Å²) in [6.07, 6.45) is 0.902. The van der Waals surface area contributed by atoms with Crippen molar-refractivity contribution >= 4 is 11.6 Å². The fourth-order valence-corrected chi connectivity index (χ4v) is 2.14. The molecule has 0 aliphatic carbocycles. The van der Waals surface area contributed by atoms with Crippen molar-refractivity contribution in [1.29, 1.82) is 0 Å². The molecule has 2 aromatic rings. The predicted octanol–water partition coefficient (Wildman–Crippen LogP) is 3.80. The topological polar surface area (TPSA) is 25.2 Å². The Morgan fingerprint density at radius 1 is 1.24 bits per heavy atom. The van der Waals surface area contributed by atoms with Gasteiger partial charge in [-0.05, 0) is 30.8 Å². The number of benzene rings is 1. The van der Waals surface area contributed by atoms with Crippen LogP contribution in [-0.2, 0) is 6.42 Å². The highest BCUT2D eigenvalue weighted by Gasteiger charge is 2.17. The number of hydrogen-bond acceptors (Lipinski definition) is 2. The van der Waals surface area contributed by atoms with Gasteiger partial charge in [-0.2, -0.15) is 0 Å². The van der Waals surface area contributed by atoms with Gasteiger partial charge in [0.15, 0.2) is 0 Å². The molecular weight excluding hydrogens is 234 g/mol. The van der Waals surface area contributed by atoms with E-state index in [9.17, 15) is 0 Å². The molecule has 0 spiro atoms. The number of furan rings is 1. The molecule has 1 atom stereocenters. The lowest BCUT2D eigenvalue weighted by Crippen LogP contribution is -2.17. The third-order valence-electron chi connectivity index (χ3n) is 2.82. The monoisotopic (exact) mass is 249 g/mol. The number of nitrogens with one attached hydrogen (secondary N) is 1. The zero-order valence-electron chi connectivity index (χ0n) is 10.0. The summed E-state index contributed by atoms with van der Waals surface area (Å²) in [5.41, 5.74) is 1.04. The number of halogens is 1. The van der Waals surface area contributed by atoms with Gasteiger partial charge in [0, 0.05) is 11.4 Å². The molecule has 3 heteroatoms. The first-order chi connectivity index (χ1) is 8.26. The molecule has 2 nitrogen and oxygen atoms in total. The van der Waals surface area contributed by atoms with E-state index in [0.717, 1.165) is 28.5 Å². The molecule has 0 bridgehead atoms. The Morgan fingerprint density at radius 3 is 2.59 bits per heavy atom. The van der Waals surface area contributed by atoms with E-state index in [4.69, 9.17) is 16.0 Å². The molecule has 2 rings (SSSR count). The molecular formula is C14H16ClNO. The summed E-state index contributed by atoms with van der Waals surface area (Å²) in [5, 5.41) is 3.99. The summed E-state index contributed by atoms with van der Waals surface area (Å²) in [6.45, 7) is 2.08. The number of rotatable bonds is 4. The maximum atomic E-state index is 6.21. The second-order valence-corrected chi connectivity index (χ2v) is 4.31. The van der Waals surface area contributed by atoms with Crippen molar-refractivity contribution in [2.75, 3.05) is 7.05 Å². The molecule has 90 valence electrons. The predicted molar refractivity (Wildman–Crippen MR) is 70.4 cm³/mol. The molecule has 1 aromatic heterocycles. The van der Waals surface area contributed by atoms with Gasteiger partial charge in [0.25, 0.3) is 0 Å². The Bertz CT molecular complexity index is 492. The van der Waals surface area contributed by atoms with Gasteiger partial charge < -0.3 is 9.73 Å². The first kappa shape index (κ1) is 12.2. The van der Waals surface area contributed by atoms with Crippen LogP contribution in [0.5, 0.6) is 0 Å². The molecule has 0 aliphatic rings. The molecule has 1 unspecified atom stereocenters. The minimum atomic E-state index is 0.00370. The summed E-state index contributed by atoms with van der Waals surface area (Å²) in [4.78, 5) is 0. The Labute approximate surface area is 107 Å². The summed E-state index contributed by atoms with van der Waals surface area (Å²) in [5.74, 6) is 1.89. The smallest absolute Gasteiger partial charge is 0.125 e. The Balaban J connectivity index is 2.36. The standard InChI is InChI=1S/C14H16ClNO/c1-3-10-8-9-13(17-10)14(16-2)11-6-4-5-7-12(11)15/h4-9,14,16H,3H2,1-2H3. The van der Waals surface area contributed by atoms with E-state index < -0.39 is 0 Å². The Kier molecular flexibility index (Phi) is 3.87. The van der Waals surface area contributed by atoms with Gasteiger partial charge in [0.2, 0.25) is 0 Å². The first-order valence-corrected chi connectivity index (χ1v) is 6.14. The van der Waals surface area contributed by atoms with Crippen LogP contribution in [0.15, 0.2) is 40.8 Å². The molecule has 1 N–H and O–H groups in total. The largest absolute Gasteiger partial charge is 0.464 e. The minimum absolute atomic E-state index is 0.00370. The number of hydrogen-bond donors (Lipinski definition) is 1. The molecule has 1 heterocycles. The normalized spacial score (nSPS) is 12.6. The molecule has 0 saturated heterocycles. The van der Waals surface area contributed by atoms with Gasteiger partial charge in [-0.25, -0.2) is 0 Å². The second-order valence-electron chi connectivity index (χ2n) is 3.90. The Morgan fingerprint density at radius 2 is 2.00 bits per heavy atom. The van der Waals surface area contributed by atoms with E-state index in [0.29, 0.717) is 0 Å². The molecule has 0 saturated carbocycles. The summed E-state index contributed by atoms with van der Waals surface area (Å²) >= 11 is 6.21. The SMILES string of the molecule is CCc1ccc(C(NC)c2ccccc2Cl)o1. The van der Waals surface area contributed by atoms with Crippen LogP contribution < -0.4 is 5.32 Å². The van der Waals surface area contributed by atoms with E-state index in [1.807, 2.05) is 43.4 Å². The van der Waals surface area contributed by atoms with Gasteiger partial charge in [-0.15, -0.1) is 0 Å². The highest BCUT2D eigenvalue weighted by atomic mass is 35.5. The zero-order valence-corrected chi connectivity index (χ0v) is 10.8. The van der Waals surface area contributed by atoms with E-state index >= 15 is 0 Å². The van der Waals surface area contributed by atoms with Crippen LogP contribution in [0, 0.1) is 0 Å². The number of aryl methyl sites for hydroxylation is 1. The van der Waals surface area contributed by atoms with E-state index in [2.05, 4.69) is 12.2 Å². The molecule has 0 fully saturated rings. The molecule has 1 aromatic carbocycles. The van der Waals surface area contributed by atoms with Crippen LogP contribution in [0.2, 0.25) is 5.02 Å². The maximum absolute atomic E-state index is 6.21. The second kappa shape index (κ2) is 5.39. The lowest BCUT2D eigenvalue weighted by Gasteiger charge is -2.15. The summed E-state index contributed by atoms with van der Waals surface area (Å²) in [6, 6.07) is 11.8.